The fraction of sp³-hybridized carbons (Fsp3) is 0.593. The van der Waals surface area contributed by atoms with Crippen molar-refractivity contribution in [3.8, 4) is 0 Å². The first-order valence-electron chi connectivity index (χ1n) is 12.7. The first-order valence-corrected chi connectivity index (χ1v) is 12.7. The third-order valence-corrected chi connectivity index (χ3v) is 7.68. The second-order valence-electron chi connectivity index (χ2n) is 11.9. The van der Waals surface area contributed by atoms with Crippen LogP contribution in [0, 0.1) is 17.8 Å². The maximum Gasteiger partial charge on any atom is 0.413 e. The Morgan fingerprint density at radius 3 is 2.25 bits per heavy atom. The van der Waals surface area contributed by atoms with E-state index in [0.717, 1.165) is 19.3 Å². The van der Waals surface area contributed by atoms with Crippen LogP contribution in [-0.2, 0) is 4.74 Å². The molecule has 4 bridgehead atoms. The molecule has 6 rings (SSSR count). The van der Waals surface area contributed by atoms with E-state index in [1.807, 2.05) is 0 Å². The van der Waals surface area contributed by atoms with Gasteiger partial charge in [0, 0.05) is 5.54 Å². The second kappa shape index (κ2) is 8.87. The van der Waals surface area contributed by atoms with Gasteiger partial charge in [0.05, 0.1) is 28.7 Å². The lowest BCUT2D eigenvalue weighted by atomic mass is 9.53. The molecule has 0 aromatic heterocycles. The van der Waals surface area contributed by atoms with Gasteiger partial charge in [-0.2, -0.15) is 13.2 Å². The number of halogens is 3. The van der Waals surface area contributed by atoms with Crippen LogP contribution in [0.25, 0.3) is 0 Å². The van der Waals surface area contributed by atoms with Crippen LogP contribution in [-0.4, -0.2) is 41.9 Å². The lowest BCUT2D eigenvalue weighted by Crippen LogP contribution is -2.54. The predicted molar refractivity (Wildman–Crippen MR) is 135 cm³/mol. The number of hydrogen-bond acceptors (Lipinski definition) is 5. The molecule has 4 fully saturated rings. The maximum absolute atomic E-state index is 14.2. The largest absolute Gasteiger partial charge is 0.456 e. The molecule has 1 aromatic carbocycles. The molecule has 1 heterocycles. The van der Waals surface area contributed by atoms with Crippen molar-refractivity contribution in [1.29, 1.82) is 0 Å². The Hall–Kier alpha value is -2.93. The van der Waals surface area contributed by atoms with Gasteiger partial charge in [-0.25, -0.2) is 14.8 Å². The van der Waals surface area contributed by atoms with Crippen molar-refractivity contribution in [3.63, 3.8) is 0 Å². The van der Waals surface area contributed by atoms with Gasteiger partial charge in [-0.15, -0.1) is 0 Å². The highest BCUT2D eigenvalue weighted by Gasteiger charge is 2.51. The lowest BCUT2D eigenvalue weighted by molar-refractivity contribution is -0.133. The van der Waals surface area contributed by atoms with E-state index >= 15 is 0 Å². The number of rotatable bonds is 6. The molecule has 3 N–H and O–H groups in total. The Bertz CT molecular complexity index is 1090. The first-order chi connectivity index (χ1) is 16.9. The molecule has 1 unspecified atom stereocenters. The monoisotopic (exact) mass is 503 g/mol. The van der Waals surface area contributed by atoms with Gasteiger partial charge in [0.15, 0.2) is 6.04 Å². The van der Waals surface area contributed by atoms with Crippen LogP contribution in [0.1, 0.15) is 69.7 Å². The van der Waals surface area contributed by atoms with E-state index in [1.54, 1.807) is 32.9 Å². The summed E-state index contributed by atoms with van der Waals surface area (Å²) in [5.41, 5.74) is 0.108. The number of carbonyl (C=O) groups excluding carboxylic acids is 1. The molecule has 6 nitrogen and oxygen atoms in total. The highest BCUT2D eigenvalue weighted by Crippen LogP contribution is 2.57. The summed E-state index contributed by atoms with van der Waals surface area (Å²) >= 11 is 0. The molecule has 36 heavy (non-hydrogen) atoms. The number of ether oxygens (including phenoxy) is 1. The molecule has 0 radical (unpaired) electrons. The number of benzene rings is 1. The van der Waals surface area contributed by atoms with E-state index < -0.39 is 23.8 Å². The molecule has 0 saturated heterocycles. The summed E-state index contributed by atoms with van der Waals surface area (Å²) in [6, 6.07) is 2.80. The van der Waals surface area contributed by atoms with Gasteiger partial charge in [-0.1, -0.05) is 0 Å². The molecule has 4 aliphatic carbocycles. The summed E-state index contributed by atoms with van der Waals surface area (Å²) in [5.74, 6) is 1.45. The number of alkyl halides is 3. The van der Waals surface area contributed by atoms with Crippen LogP contribution in [0.2, 0.25) is 0 Å². The standard InChI is InChI=1S/C27H33F3N4O2/c1-25(2,3)36-24(35)19-4-5-21(34-26-10-16-6-17(11-26)8-18(7-16)12-26)22(9-19)33-23(27(28,29)30)20-13-31-15-32-14-20/h4-5,9,13-18,23,33H,6-8,10-12H2,1-3H3,(H,34,35)/p+1. The predicted octanol–water partition coefficient (Wildman–Crippen LogP) is 5.02. The molecular weight excluding hydrogens is 469 g/mol. The number of nitrogens with one attached hydrogen (secondary N) is 3. The number of anilines is 2. The van der Waals surface area contributed by atoms with Gasteiger partial charge < -0.3 is 15.4 Å². The zero-order chi connectivity index (χ0) is 25.7. The van der Waals surface area contributed by atoms with Gasteiger partial charge in [0.2, 0.25) is 6.21 Å². The average Bonchev–Trinajstić information content (AvgIpc) is 2.75. The average molecular weight is 504 g/mol. The van der Waals surface area contributed by atoms with E-state index in [9.17, 15) is 18.0 Å². The van der Waals surface area contributed by atoms with Crippen molar-refractivity contribution in [1.82, 2.24) is 9.98 Å². The summed E-state index contributed by atoms with van der Waals surface area (Å²) < 4.78 is 51.9. The highest BCUT2D eigenvalue weighted by atomic mass is 19.4. The van der Waals surface area contributed by atoms with Gasteiger partial charge >= 0.3 is 18.5 Å². The first kappa shape index (κ1) is 24.8. The molecule has 1 atom stereocenters. The maximum atomic E-state index is 14.2. The minimum atomic E-state index is -4.59. The third kappa shape index (κ3) is 5.26. The van der Waals surface area contributed by atoms with Crippen LogP contribution >= 0.6 is 0 Å². The summed E-state index contributed by atoms with van der Waals surface area (Å²) in [6.07, 6.45) is 6.09. The topological polar surface area (TPSA) is 76.5 Å². The molecule has 5 aliphatic rings. The van der Waals surface area contributed by atoms with Gasteiger partial charge in [0.25, 0.3) is 0 Å². The Balaban J connectivity index is 1.50. The molecule has 0 amide bonds. The van der Waals surface area contributed by atoms with Crippen LogP contribution in [0.15, 0.2) is 30.0 Å². The molecule has 0 spiro atoms. The molecule has 194 valence electrons. The number of carbonyl (C=O) groups is 1. The Morgan fingerprint density at radius 2 is 1.72 bits per heavy atom. The molecular formula is C27H34F3N4O2+. The van der Waals surface area contributed by atoms with Crippen molar-refractivity contribution >= 4 is 29.9 Å². The Kier molecular flexibility index (Phi) is 6.10. The minimum absolute atomic E-state index is 0.0478. The lowest BCUT2D eigenvalue weighted by Gasteiger charge is -2.57. The van der Waals surface area contributed by atoms with Gasteiger partial charge in [-0.05, 0) is 95.2 Å². The zero-order valence-corrected chi connectivity index (χ0v) is 20.9. The summed E-state index contributed by atoms with van der Waals surface area (Å²) in [7, 11) is 0. The van der Waals surface area contributed by atoms with E-state index in [0.29, 0.717) is 23.4 Å². The number of nitrogens with zero attached hydrogens (tertiary/aromatic N) is 1. The van der Waals surface area contributed by atoms with Crippen molar-refractivity contribution < 1.29 is 22.7 Å². The van der Waals surface area contributed by atoms with Crippen LogP contribution in [0.5, 0.6) is 0 Å². The summed E-state index contributed by atoms with van der Waals surface area (Å²) in [6.45, 7) is 5.27. The normalized spacial score (nSPS) is 29.4. The number of hydrogen-bond donors (Lipinski definition) is 3. The minimum Gasteiger partial charge on any atom is -0.456 e. The van der Waals surface area contributed by atoms with Crippen LogP contribution in [0.4, 0.5) is 24.5 Å². The smallest absolute Gasteiger partial charge is 0.413 e. The van der Waals surface area contributed by atoms with E-state index in [1.165, 1.54) is 44.1 Å². The van der Waals surface area contributed by atoms with Gasteiger partial charge in [-0.3, -0.25) is 0 Å². The summed E-state index contributed by atoms with van der Waals surface area (Å²) in [5, 5.41) is 8.99. The second-order valence-corrected chi connectivity index (χ2v) is 11.9. The van der Waals surface area contributed by atoms with Crippen molar-refractivity contribution in [2.45, 2.75) is 82.7 Å². The van der Waals surface area contributed by atoms with E-state index in [4.69, 9.17) is 4.74 Å². The summed E-state index contributed by atoms with van der Waals surface area (Å²) in [4.78, 5) is 12.8. The molecule has 4 saturated carbocycles. The Labute approximate surface area is 209 Å². The van der Waals surface area contributed by atoms with Crippen molar-refractivity contribution in [2.24, 2.45) is 17.8 Å². The van der Waals surface area contributed by atoms with Crippen molar-refractivity contribution in [2.75, 3.05) is 10.6 Å². The third-order valence-electron chi connectivity index (χ3n) is 7.68. The van der Waals surface area contributed by atoms with Gasteiger partial charge in [0.1, 0.15) is 5.60 Å². The van der Waals surface area contributed by atoms with Crippen LogP contribution < -0.4 is 20.6 Å². The van der Waals surface area contributed by atoms with E-state index in [2.05, 4.69) is 20.6 Å². The molecule has 1 aliphatic heterocycles. The number of esters is 1. The highest BCUT2D eigenvalue weighted by molar-refractivity contribution is 5.93. The van der Waals surface area contributed by atoms with Crippen LogP contribution in [0.3, 0.4) is 0 Å². The molecule has 9 heteroatoms. The van der Waals surface area contributed by atoms with E-state index in [-0.39, 0.29) is 22.4 Å². The Morgan fingerprint density at radius 1 is 1.08 bits per heavy atom. The molecule has 1 aromatic rings. The fourth-order valence-corrected chi connectivity index (χ4v) is 6.79. The van der Waals surface area contributed by atoms with Crippen molar-refractivity contribution in [3.05, 3.63) is 35.5 Å². The quantitative estimate of drug-likeness (QED) is 0.376. The zero-order valence-electron chi connectivity index (χ0n) is 20.9. The fourth-order valence-electron chi connectivity index (χ4n) is 6.79. The SMILES string of the molecule is CC(C)(C)OC(=O)c1ccc(NC23CC4CC(CC(C4)C2)C3)c(NC(C2=CNC=[N+]=C2)C(F)(F)F)c1.